The first kappa shape index (κ1) is 17.8. The average Bonchev–Trinajstić information content (AvgIpc) is 3.14. The number of hydrogen-bond donors (Lipinski definition) is 3. The highest BCUT2D eigenvalue weighted by molar-refractivity contribution is 6.31. The number of halogens is 1. The molecule has 1 aromatic carbocycles. The number of nitrogens with one attached hydrogen (secondary N) is 3. The lowest BCUT2D eigenvalue weighted by molar-refractivity contribution is 0.195. The fourth-order valence-electron chi connectivity index (χ4n) is 3.15. The van der Waals surface area contributed by atoms with Gasteiger partial charge in [0.1, 0.15) is 5.82 Å². The third-order valence-electron chi connectivity index (χ3n) is 4.58. The van der Waals surface area contributed by atoms with Gasteiger partial charge in [0.15, 0.2) is 0 Å². The normalized spacial score (nSPS) is 17.8. The molecule has 0 bridgehead atoms. The van der Waals surface area contributed by atoms with Crippen LogP contribution in [0.4, 0.5) is 11.8 Å². The Morgan fingerprint density at radius 2 is 2.22 bits per heavy atom. The molecule has 0 spiro atoms. The molecule has 3 N–H and O–H groups in total. The molecule has 0 aliphatic carbocycles. The van der Waals surface area contributed by atoms with Gasteiger partial charge in [0.2, 0.25) is 5.95 Å². The highest BCUT2D eigenvalue weighted by atomic mass is 35.5. The quantitative estimate of drug-likeness (QED) is 0.623. The molecule has 8 heteroatoms. The van der Waals surface area contributed by atoms with Gasteiger partial charge in [-0.3, -0.25) is 4.79 Å². The van der Waals surface area contributed by atoms with E-state index in [0.717, 1.165) is 29.7 Å². The first-order valence-electron chi connectivity index (χ1n) is 8.85. The maximum absolute atomic E-state index is 12.5. The lowest BCUT2D eigenvalue weighted by Crippen LogP contribution is -2.22. The van der Waals surface area contributed by atoms with E-state index >= 15 is 0 Å². The van der Waals surface area contributed by atoms with Crippen LogP contribution in [0, 0.1) is 0 Å². The molecule has 4 rings (SSSR count). The smallest absolute Gasteiger partial charge is 0.253 e. The predicted octanol–water partition coefficient (Wildman–Crippen LogP) is 3.35. The number of pyridine rings is 1. The zero-order chi connectivity index (χ0) is 18.8. The number of nitrogens with zero attached hydrogens (tertiary/aromatic N) is 2. The second-order valence-corrected chi connectivity index (χ2v) is 7.06. The van der Waals surface area contributed by atoms with Gasteiger partial charge < -0.3 is 20.4 Å². The Bertz CT molecular complexity index is 1020. The van der Waals surface area contributed by atoms with Gasteiger partial charge in [-0.05, 0) is 43.7 Å². The van der Waals surface area contributed by atoms with Crippen LogP contribution in [0.5, 0.6) is 0 Å². The van der Waals surface area contributed by atoms with Crippen LogP contribution in [0.2, 0.25) is 5.02 Å². The predicted molar refractivity (Wildman–Crippen MR) is 106 cm³/mol. The molecule has 7 nitrogen and oxygen atoms in total. The third-order valence-corrected chi connectivity index (χ3v) is 4.82. The van der Waals surface area contributed by atoms with Gasteiger partial charge in [-0.1, -0.05) is 11.6 Å². The first-order chi connectivity index (χ1) is 13.1. The largest absolute Gasteiger partial charge is 0.379 e. The Hall–Kier alpha value is -2.64. The summed E-state index contributed by atoms with van der Waals surface area (Å²) in [5.74, 6) is 1.19. The van der Waals surface area contributed by atoms with Crippen molar-refractivity contribution in [2.75, 3.05) is 23.8 Å². The van der Waals surface area contributed by atoms with Crippen molar-refractivity contribution in [3.05, 3.63) is 57.5 Å². The van der Waals surface area contributed by atoms with Gasteiger partial charge in [-0.15, -0.1) is 0 Å². The summed E-state index contributed by atoms with van der Waals surface area (Å²) in [6, 6.07) is 9.03. The standard InChI is InChI=1S/C19H20ClN5O2/c1-11(15-9-12-8-13(20)2-3-16(12)24-18(15)26)22-19-21-6-4-17(25-19)23-14-5-7-27-10-14/h2-4,6,8-9,11,14H,5,7,10H2,1H3,(H,24,26)(H2,21,22,23,25)/t11-,14?/m0/s1. The summed E-state index contributed by atoms with van der Waals surface area (Å²) in [4.78, 5) is 24.1. The van der Waals surface area contributed by atoms with Gasteiger partial charge in [-0.2, -0.15) is 4.98 Å². The number of fused-ring (bicyclic) bond motifs is 1. The maximum Gasteiger partial charge on any atom is 0.253 e. The summed E-state index contributed by atoms with van der Waals surface area (Å²) in [5.41, 5.74) is 1.19. The average molecular weight is 386 g/mol. The van der Waals surface area contributed by atoms with Crippen molar-refractivity contribution in [2.24, 2.45) is 0 Å². The lowest BCUT2D eigenvalue weighted by Gasteiger charge is -2.16. The molecule has 1 unspecified atom stereocenters. The molecular weight excluding hydrogens is 366 g/mol. The second kappa shape index (κ2) is 7.54. The number of benzene rings is 1. The summed E-state index contributed by atoms with van der Waals surface area (Å²) in [6.07, 6.45) is 2.64. The molecule has 0 radical (unpaired) electrons. The van der Waals surface area contributed by atoms with Crippen molar-refractivity contribution in [3.8, 4) is 0 Å². The molecule has 0 saturated carbocycles. The molecule has 1 aliphatic rings. The molecule has 1 saturated heterocycles. The van der Waals surface area contributed by atoms with Crippen LogP contribution < -0.4 is 16.2 Å². The molecule has 2 atom stereocenters. The number of hydrogen-bond acceptors (Lipinski definition) is 6. The number of anilines is 2. The van der Waals surface area contributed by atoms with Crippen LogP contribution in [-0.2, 0) is 4.74 Å². The van der Waals surface area contributed by atoms with E-state index < -0.39 is 0 Å². The maximum atomic E-state index is 12.5. The summed E-state index contributed by atoms with van der Waals surface area (Å²) in [7, 11) is 0. The molecule has 1 aliphatic heterocycles. The van der Waals surface area contributed by atoms with Gasteiger partial charge >= 0.3 is 0 Å². The van der Waals surface area contributed by atoms with E-state index in [1.807, 2.05) is 25.1 Å². The van der Waals surface area contributed by atoms with E-state index in [2.05, 4.69) is 25.6 Å². The van der Waals surface area contributed by atoms with Crippen molar-refractivity contribution >= 4 is 34.3 Å². The third kappa shape index (κ3) is 4.04. The van der Waals surface area contributed by atoms with Crippen molar-refractivity contribution in [1.82, 2.24) is 15.0 Å². The van der Waals surface area contributed by atoms with E-state index in [1.54, 1.807) is 18.3 Å². The zero-order valence-electron chi connectivity index (χ0n) is 14.8. The SMILES string of the molecule is C[C@H](Nc1nccc(NC2CCOC2)n1)c1cc2cc(Cl)ccc2[nH]c1=O. The summed E-state index contributed by atoms with van der Waals surface area (Å²) >= 11 is 6.06. The van der Waals surface area contributed by atoms with Crippen molar-refractivity contribution in [2.45, 2.75) is 25.4 Å². The van der Waals surface area contributed by atoms with E-state index in [-0.39, 0.29) is 17.6 Å². The molecule has 2 aromatic heterocycles. The second-order valence-electron chi connectivity index (χ2n) is 6.62. The number of rotatable bonds is 5. The molecule has 27 heavy (non-hydrogen) atoms. The van der Waals surface area contributed by atoms with E-state index in [1.165, 1.54) is 0 Å². The van der Waals surface area contributed by atoms with Gasteiger partial charge in [0, 0.05) is 34.3 Å². The van der Waals surface area contributed by atoms with Crippen molar-refractivity contribution in [3.63, 3.8) is 0 Å². The Balaban J connectivity index is 1.55. The minimum Gasteiger partial charge on any atom is -0.379 e. The number of H-pyrrole nitrogens is 1. The topological polar surface area (TPSA) is 91.9 Å². The fourth-order valence-corrected chi connectivity index (χ4v) is 3.33. The van der Waals surface area contributed by atoms with Crippen LogP contribution in [0.15, 0.2) is 41.3 Å². The van der Waals surface area contributed by atoms with E-state index in [4.69, 9.17) is 16.3 Å². The Morgan fingerprint density at radius 3 is 3.04 bits per heavy atom. The Morgan fingerprint density at radius 1 is 1.33 bits per heavy atom. The lowest BCUT2D eigenvalue weighted by atomic mass is 10.1. The highest BCUT2D eigenvalue weighted by Gasteiger charge is 2.17. The number of aromatic amines is 1. The van der Waals surface area contributed by atoms with Crippen LogP contribution >= 0.6 is 11.6 Å². The van der Waals surface area contributed by atoms with Crippen molar-refractivity contribution in [1.29, 1.82) is 0 Å². The molecule has 3 aromatic rings. The monoisotopic (exact) mass is 385 g/mol. The molecule has 3 heterocycles. The minimum atomic E-state index is -0.276. The summed E-state index contributed by atoms with van der Waals surface area (Å²) in [5, 5.41) is 8.04. The van der Waals surface area contributed by atoms with E-state index in [0.29, 0.717) is 23.1 Å². The van der Waals surface area contributed by atoms with Gasteiger partial charge in [0.25, 0.3) is 5.56 Å². The van der Waals surface area contributed by atoms with Crippen LogP contribution in [0.3, 0.4) is 0 Å². The molecule has 140 valence electrons. The van der Waals surface area contributed by atoms with E-state index in [9.17, 15) is 4.79 Å². The first-order valence-corrected chi connectivity index (χ1v) is 9.22. The summed E-state index contributed by atoms with van der Waals surface area (Å²) in [6.45, 7) is 3.34. The number of aromatic nitrogens is 3. The number of ether oxygens (including phenoxy) is 1. The highest BCUT2D eigenvalue weighted by Crippen LogP contribution is 2.21. The zero-order valence-corrected chi connectivity index (χ0v) is 15.6. The Kier molecular flexibility index (Phi) is 4.96. The van der Waals surface area contributed by atoms with Gasteiger partial charge in [-0.25, -0.2) is 4.98 Å². The van der Waals surface area contributed by atoms with Crippen LogP contribution in [0.25, 0.3) is 10.9 Å². The fraction of sp³-hybridized carbons (Fsp3) is 0.316. The van der Waals surface area contributed by atoms with Gasteiger partial charge in [0.05, 0.1) is 18.7 Å². The Labute approximate surface area is 161 Å². The molecular formula is C19H20ClN5O2. The summed E-state index contributed by atoms with van der Waals surface area (Å²) < 4.78 is 5.37. The minimum absolute atomic E-state index is 0.151. The molecule has 1 fully saturated rings. The molecule has 0 amide bonds. The van der Waals surface area contributed by atoms with Crippen LogP contribution in [-0.4, -0.2) is 34.2 Å². The van der Waals surface area contributed by atoms with Crippen LogP contribution in [0.1, 0.15) is 24.9 Å². The van der Waals surface area contributed by atoms with Crippen molar-refractivity contribution < 1.29 is 4.74 Å².